The van der Waals surface area contributed by atoms with Crippen molar-refractivity contribution in [3.05, 3.63) is 40.4 Å². The lowest BCUT2D eigenvalue weighted by molar-refractivity contribution is -0.137. The summed E-state index contributed by atoms with van der Waals surface area (Å²) in [6.07, 6.45) is 1.54. The zero-order valence-corrected chi connectivity index (χ0v) is 15.3. The van der Waals surface area contributed by atoms with Crippen molar-refractivity contribution in [1.29, 1.82) is 0 Å². The van der Waals surface area contributed by atoms with Gasteiger partial charge < -0.3 is 10.1 Å². The number of amides is 3. The second-order valence-electron chi connectivity index (χ2n) is 4.80. The number of hydrogen-bond donors (Lipinski definition) is 3. The highest BCUT2D eigenvalue weighted by Crippen LogP contribution is 2.25. The Kier molecular flexibility index (Phi) is 9.18. The number of rotatable bonds is 7. The topological polar surface area (TPSA) is 114 Å². The molecule has 0 atom stereocenters. The van der Waals surface area contributed by atoms with Crippen LogP contribution in [0.2, 0.25) is 10.0 Å². The molecule has 1 rings (SSSR count). The van der Waals surface area contributed by atoms with E-state index in [1.54, 1.807) is 19.1 Å². The molecule has 0 heterocycles. The number of hydrazine groups is 1. The zero-order chi connectivity index (χ0) is 19.5. The summed E-state index contributed by atoms with van der Waals surface area (Å²) in [6.45, 7) is 1.81. The van der Waals surface area contributed by atoms with Crippen LogP contribution in [-0.4, -0.2) is 30.3 Å². The molecule has 0 aliphatic heterocycles. The molecule has 0 bridgehead atoms. The maximum Gasteiger partial charge on any atom is 0.330 e. The summed E-state index contributed by atoms with van der Waals surface area (Å²) >= 11 is 11.7. The van der Waals surface area contributed by atoms with Crippen LogP contribution in [0.1, 0.15) is 19.8 Å². The highest BCUT2D eigenvalue weighted by Gasteiger charge is 2.10. The van der Waals surface area contributed by atoms with E-state index < -0.39 is 23.7 Å². The summed E-state index contributed by atoms with van der Waals surface area (Å²) < 4.78 is 4.59. The van der Waals surface area contributed by atoms with Crippen LogP contribution in [0.15, 0.2) is 30.4 Å². The summed E-state index contributed by atoms with van der Waals surface area (Å²) in [6, 6.07) is 4.58. The molecule has 1 aromatic carbocycles. The smallest absolute Gasteiger partial charge is 0.330 e. The summed E-state index contributed by atoms with van der Waals surface area (Å²) in [5, 5.41) is 3.25. The quantitative estimate of drug-likeness (QED) is 0.367. The summed E-state index contributed by atoms with van der Waals surface area (Å²) in [4.78, 5) is 45.8. The first kappa shape index (κ1) is 21.5. The van der Waals surface area contributed by atoms with Crippen LogP contribution in [0.3, 0.4) is 0 Å². The molecule has 0 aromatic heterocycles. The third-order valence-corrected chi connectivity index (χ3v) is 3.31. The first-order valence-corrected chi connectivity index (χ1v) is 8.26. The number of hydrogen-bond acceptors (Lipinski definition) is 5. The normalized spacial score (nSPS) is 10.3. The van der Waals surface area contributed by atoms with Gasteiger partial charge in [0.1, 0.15) is 0 Å². The Morgan fingerprint density at radius 1 is 1.04 bits per heavy atom. The van der Waals surface area contributed by atoms with Gasteiger partial charge in [-0.3, -0.25) is 25.2 Å². The molecular weight excluding hydrogens is 385 g/mol. The maximum atomic E-state index is 11.8. The first-order valence-electron chi connectivity index (χ1n) is 7.50. The van der Waals surface area contributed by atoms with Crippen LogP contribution in [0, 0.1) is 0 Å². The van der Waals surface area contributed by atoms with Gasteiger partial charge in [-0.05, 0) is 25.1 Å². The Labute approximate surface area is 159 Å². The lowest BCUT2D eigenvalue weighted by atomic mass is 10.2. The second-order valence-corrected chi connectivity index (χ2v) is 5.64. The van der Waals surface area contributed by atoms with E-state index in [4.69, 9.17) is 23.2 Å². The van der Waals surface area contributed by atoms with Gasteiger partial charge in [0.05, 0.1) is 17.3 Å². The van der Waals surface area contributed by atoms with Crippen molar-refractivity contribution >= 4 is 52.6 Å². The number of esters is 1. The minimum atomic E-state index is -0.719. The molecule has 3 amide bonds. The molecule has 26 heavy (non-hydrogen) atoms. The predicted octanol–water partition coefficient (Wildman–Crippen LogP) is 1.98. The fraction of sp³-hybridized carbons (Fsp3) is 0.250. The third kappa shape index (κ3) is 8.50. The Balaban J connectivity index is 2.32. The predicted molar refractivity (Wildman–Crippen MR) is 96.4 cm³/mol. The molecule has 0 saturated carbocycles. The van der Waals surface area contributed by atoms with E-state index in [-0.39, 0.29) is 24.5 Å². The van der Waals surface area contributed by atoms with Crippen LogP contribution in [0.4, 0.5) is 5.69 Å². The molecule has 1 aromatic rings. The van der Waals surface area contributed by atoms with Crippen LogP contribution in [-0.2, 0) is 23.9 Å². The highest BCUT2D eigenvalue weighted by atomic mass is 35.5. The molecule has 0 saturated heterocycles. The number of nitrogens with one attached hydrogen (secondary N) is 3. The summed E-state index contributed by atoms with van der Waals surface area (Å²) in [5.74, 6) is -2.41. The molecule has 0 unspecified atom stereocenters. The van der Waals surface area contributed by atoms with Gasteiger partial charge in [0.25, 0.3) is 5.91 Å². The minimum Gasteiger partial charge on any atom is -0.463 e. The van der Waals surface area contributed by atoms with Crippen LogP contribution in [0.5, 0.6) is 0 Å². The van der Waals surface area contributed by atoms with E-state index in [9.17, 15) is 19.2 Å². The van der Waals surface area contributed by atoms with Gasteiger partial charge >= 0.3 is 5.97 Å². The monoisotopic (exact) mass is 401 g/mol. The van der Waals surface area contributed by atoms with E-state index >= 15 is 0 Å². The van der Waals surface area contributed by atoms with Gasteiger partial charge in [-0.1, -0.05) is 23.2 Å². The van der Waals surface area contributed by atoms with Crippen LogP contribution < -0.4 is 16.2 Å². The standard InChI is InChI=1S/C16H17Cl2N3O5/c1-2-26-16(25)8-7-15(24)21-20-14(23)6-5-13(22)19-12-4-3-10(17)9-11(12)18/h3-4,7-9H,2,5-6H2,1H3,(H,19,22)(H,20,23)(H,21,24)/b8-7+. The van der Waals surface area contributed by atoms with E-state index in [2.05, 4.69) is 20.9 Å². The number of anilines is 1. The highest BCUT2D eigenvalue weighted by molar-refractivity contribution is 6.36. The van der Waals surface area contributed by atoms with Crippen molar-refractivity contribution in [3.63, 3.8) is 0 Å². The van der Waals surface area contributed by atoms with Crippen LogP contribution in [0.25, 0.3) is 0 Å². The van der Waals surface area contributed by atoms with Crippen molar-refractivity contribution in [1.82, 2.24) is 10.9 Å². The second kappa shape index (κ2) is 11.1. The van der Waals surface area contributed by atoms with E-state index in [1.807, 2.05) is 0 Å². The summed E-state index contributed by atoms with van der Waals surface area (Å²) in [5.41, 5.74) is 4.55. The number of carbonyl (C=O) groups is 4. The van der Waals surface area contributed by atoms with Crippen LogP contribution >= 0.6 is 23.2 Å². The molecule has 0 fully saturated rings. The molecule has 0 aliphatic rings. The van der Waals surface area contributed by atoms with Crippen molar-refractivity contribution < 1.29 is 23.9 Å². The molecule has 140 valence electrons. The van der Waals surface area contributed by atoms with E-state index in [0.29, 0.717) is 10.7 Å². The van der Waals surface area contributed by atoms with Gasteiger partial charge in [0.15, 0.2) is 0 Å². The van der Waals surface area contributed by atoms with Crippen molar-refractivity contribution in [2.45, 2.75) is 19.8 Å². The summed E-state index contributed by atoms with van der Waals surface area (Å²) in [7, 11) is 0. The van der Waals surface area contributed by atoms with Gasteiger partial charge in [-0.15, -0.1) is 0 Å². The molecule has 3 N–H and O–H groups in total. The average Bonchev–Trinajstić information content (AvgIpc) is 2.59. The molecular formula is C16H17Cl2N3O5. The number of ether oxygens (including phenoxy) is 1. The fourth-order valence-electron chi connectivity index (χ4n) is 1.60. The first-order chi connectivity index (χ1) is 12.3. The Morgan fingerprint density at radius 2 is 1.73 bits per heavy atom. The molecule has 0 radical (unpaired) electrons. The molecule has 10 heteroatoms. The Bertz CT molecular complexity index is 722. The molecule has 0 aliphatic carbocycles. The lowest BCUT2D eigenvalue weighted by Gasteiger charge is -2.08. The van der Waals surface area contributed by atoms with Gasteiger partial charge in [-0.2, -0.15) is 0 Å². The fourth-order valence-corrected chi connectivity index (χ4v) is 2.06. The molecule has 0 spiro atoms. The maximum absolute atomic E-state index is 11.8. The average molecular weight is 402 g/mol. The lowest BCUT2D eigenvalue weighted by Crippen LogP contribution is -2.41. The van der Waals surface area contributed by atoms with Gasteiger partial charge in [0, 0.05) is 30.0 Å². The van der Waals surface area contributed by atoms with E-state index in [0.717, 1.165) is 12.2 Å². The van der Waals surface area contributed by atoms with Gasteiger partial charge in [-0.25, -0.2) is 4.79 Å². The number of carbonyl (C=O) groups excluding carboxylic acids is 4. The zero-order valence-electron chi connectivity index (χ0n) is 13.8. The number of benzene rings is 1. The molecule has 8 nitrogen and oxygen atoms in total. The minimum absolute atomic E-state index is 0.126. The Morgan fingerprint density at radius 3 is 2.38 bits per heavy atom. The Hall–Kier alpha value is -2.58. The van der Waals surface area contributed by atoms with Crippen molar-refractivity contribution in [3.8, 4) is 0 Å². The van der Waals surface area contributed by atoms with E-state index in [1.165, 1.54) is 6.07 Å². The number of halogens is 2. The van der Waals surface area contributed by atoms with Crippen molar-refractivity contribution in [2.24, 2.45) is 0 Å². The third-order valence-electron chi connectivity index (χ3n) is 2.77. The van der Waals surface area contributed by atoms with Crippen molar-refractivity contribution in [2.75, 3.05) is 11.9 Å². The largest absolute Gasteiger partial charge is 0.463 e. The SMILES string of the molecule is CCOC(=O)/C=C/C(=O)NNC(=O)CCC(=O)Nc1ccc(Cl)cc1Cl. The van der Waals surface area contributed by atoms with Gasteiger partial charge in [0.2, 0.25) is 11.8 Å².